The number of aromatic nitrogens is 2. The van der Waals surface area contributed by atoms with Crippen LogP contribution in [0.2, 0.25) is 0 Å². The smallest absolute Gasteiger partial charge is 0.337 e. The number of nitrogens with zero attached hydrogens (tertiary/aromatic N) is 2. The van der Waals surface area contributed by atoms with Crippen LogP contribution in [0.25, 0.3) is 0 Å². The van der Waals surface area contributed by atoms with Crippen LogP contribution < -0.4 is 0 Å². The maximum atomic E-state index is 11.5. The van der Waals surface area contributed by atoms with E-state index in [1.165, 1.54) is 23.3 Å². The lowest BCUT2D eigenvalue weighted by atomic mass is 9.90. The summed E-state index contributed by atoms with van der Waals surface area (Å²) < 4.78 is 1.39. The van der Waals surface area contributed by atoms with Crippen molar-refractivity contribution >= 4 is 5.97 Å². The topological polar surface area (TPSA) is 107 Å². The lowest BCUT2D eigenvalue weighted by Crippen LogP contribution is -2.45. The Hall–Kier alpha value is -2.18. The Morgan fingerprint density at radius 3 is 2.44 bits per heavy atom. The molecule has 1 aromatic carbocycles. The molecule has 0 saturated carbocycles. The van der Waals surface area contributed by atoms with Crippen LogP contribution in [-0.2, 0) is 10.3 Å². The molecule has 4 N–H and O–H groups in total. The molecule has 96 valence electrons. The molecule has 2 aromatic rings. The minimum Gasteiger partial charge on any atom is -0.479 e. The Balaban J connectivity index is 0.00000162. The number of aliphatic hydroxyl groups is 1. The van der Waals surface area contributed by atoms with E-state index in [1.807, 2.05) is 0 Å². The van der Waals surface area contributed by atoms with E-state index in [2.05, 4.69) is 4.98 Å². The normalized spacial score (nSPS) is 13.4. The molecule has 0 amide bonds. The third-order valence-electron chi connectivity index (χ3n) is 2.78. The molecule has 1 unspecified atom stereocenters. The van der Waals surface area contributed by atoms with Gasteiger partial charge in [0.2, 0.25) is 0 Å². The maximum Gasteiger partial charge on any atom is 0.337 e. The third kappa shape index (κ3) is 1.99. The largest absolute Gasteiger partial charge is 0.479 e. The Morgan fingerprint density at radius 2 is 2.00 bits per heavy atom. The number of carboxylic acid groups (broad SMARTS) is 1. The van der Waals surface area contributed by atoms with Crippen LogP contribution >= 0.6 is 0 Å². The number of hydrogen-bond acceptors (Lipinski definition) is 3. The average molecular weight is 250 g/mol. The van der Waals surface area contributed by atoms with E-state index in [1.54, 1.807) is 30.3 Å². The fraction of sp³-hybridized carbons (Fsp3) is 0.167. The second-order valence-corrected chi connectivity index (χ2v) is 3.66. The first-order valence-corrected chi connectivity index (χ1v) is 5.10. The summed E-state index contributed by atoms with van der Waals surface area (Å²) in [6, 6.07) is 8.61. The highest BCUT2D eigenvalue weighted by Crippen LogP contribution is 2.26. The second-order valence-electron chi connectivity index (χ2n) is 3.66. The van der Waals surface area contributed by atoms with E-state index in [-0.39, 0.29) is 5.48 Å². The molecule has 0 fully saturated rings. The lowest BCUT2D eigenvalue weighted by Gasteiger charge is -2.29. The van der Waals surface area contributed by atoms with Gasteiger partial charge in [-0.25, -0.2) is 9.78 Å². The molecule has 0 radical (unpaired) electrons. The molecule has 0 aliphatic rings. The van der Waals surface area contributed by atoms with Crippen molar-refractivity contribution in [2.75, 3.05) is 6.61 Å². The van der Waals surface area contributed by atoms with Crippen molar-refractivity contribution < 1.29 is 20.5 Å². The van der Waals surface area contributed by atoms with Crippen molar-refractivity contribution in [3.8, 4) is 0 Å². The molecule has 1 atom stereocenters. The van der Waals surface area contributed by atoms with Crippen molar-refractivity contribution in [1.29, 1.82) is 0 Å². The zero-order valence-corrected chi connectivity index (χ0v) is 9.52. The van der Waals surface area contributed by atoms with Gasteiger partial charge < -0.3 is 20.3 Å². The summed E-state index contributed by atoms with van der Waals surface area (Å²) in [7, 11) is 0. The van der Waals surface area contributed by atoms with E-state index in [0.29, 0.717) is 5.56 Å². The quantitative estimate of drug-likeness (QED) is 0.788. The lowest BCUT2D eigenvalue weighted by molar-refractivity contribution is -0.147. The molecule has 0 aliphatic carbocycles. The van der Waals surface area contributed by atoms with Gasteiger partial charge in [-0.2, -0.15) is 0 Å². The monoisotopic (exact) mass is 250 g/mol. The Labute approximate surface area is 103 Å². The van der Waals surface area contributed by atoms with Crippen LogP contribution in [-0.4, -0.2) is 37.8 Å². The number of aliphatic hydroxyl groups excluding tert-OH is 1. The van der Waals surface area contributed by atoms with Gasteiger partial charge in [0.15, 0.2) is 5.54 Å². The van der Waals surface area contributed by atoms with Gasteiger partial charge in [0.05, 0.1) is 12.9 Å². The number of carbonyl (C=O) groups is 1. The van der Waals surface area contributed by atoms with E-state index in [9.17, 15) is 15.0 Å². The standard InChI is InChI=1S/C12H12N2O3.H2O/c15-8-12(11(16)17,14-7-6-13-9-14)10-4-2-1-3-5-10;/h1-7,9,15H,8H2,(H,16,17);1H2. The molecule has 6 nitrogen and oxygen atoms in total. The van der Waals surface area contributed by atoms with Crippen molar-refractivity contribution in [3.05, 3.63) is 54.6 Å². The first-order valence-electron chi connectivity index (χ1n) is 5.10. The Kier molecular flexibility index (Phi) is 4.19. The SMILES string of the molecule is O.O=C(O)C(CO)(c1ccccc1)n1ccnc1. The Morgan fingerprint density at radius 1 is 1.33 bits per heavy atom. The molecule has 0 spiro atoms. The molecule has 0 saturated heterocycles. The molecule has 18 heavy (non-hydrogen) atoms. The molecule has 1 heterocycles. The van der Waals surface area contributed by atoms with Crippen molar-refractivity contribution in [1.82, 2.24) is 9.55 Å². The highest BCUT2D eigenvalue weighted by molar-refractivity contribution is 5.81. The molecule has 6 heteroatoms. The van der Waals surface area contributed by atoms with E-state index in [4.69, 9.17) is 0 Å². The average Bonchev–Trinajstić information content (AvgIpc) is 2.86. The van der Waals surface area contributed by atoms with Crippen molar-refractivity contribution in [2.24, 2.45) is 0 Å². The van der Waals surface area contributed by atoms with Gasteiger partial charge in [0.1, 0.15) is 0 Å². The van der Waals surface area contributed by atoms with Gasteiger partial charge in [-0.1, -0.05) is 30.3 Å². The molecule has 2 rings (SSSR count). The van der Waals surface area contributed by atoms with Gasteiger partial charge in [0, 0.05) is 12.4 Å². The number of rotatable bonds is 4. The summed E-state index contributed by atoms with van der Waals surface area (Å²) in [6.45, 7) is -0.539. The minimum atomic E-state index is -1.52. The minimum absolute atomic E-state index is 0. The third-order valence-corrected chi connectivity index (χ3v) is 2.78. The second kappa shape index (κ2) is 5.44. The highest BCUT2D eigenvalue weighted by Gasteiger charge is 2.41. The molecule has 0 bridgehead atoms. The first kappa shape index (κ1) is 13.9. The van der Waals surface area contributed by atoms with Gasteiger partial charge in [-0.3, -0.25) is 0 Å². The fourth-order valence-electron chi connectivity index (χ4n) is 1.82. The number of imidazole rings is 1. The van der Waals surface area contributed by atoms with Crippen LogP contribution in [0.3, 0.4) is 0 Å². The molecular weight excluding hydrogens is 236 g/mol. The van der Waals surface area contributed by atoms with E-state index < -0.39 is 18.1 Å². The predicted octanol–water partition coefficient (Wildman–Crippen LogP) is -0.121. The zero-order valence-electron chi connectivity index (χ0n) is 9.52. The first-order chi connectivity index (χ1) is 8.21. The maximum absolute atomic E-state index is 11.5. The summed E-state index contributed by atoms with van der Waals surface area (Å²) in [6.07, 6.45) is 4.39. The number of benzene rings is 1. The van der Waals surface area contributed by atoms with Crippen LogP contribution in [0, 0.1) is 0 Å². The van der Waals surface area contributed by atoms with Crippen LogP contribution in [0.4, 0.5) is 0 Å². The summed E-state index contributed by atoms with van der Waals surface area (Å²) in [5.41, 5.74) is -1.01. The zero-order chi connectivity index (χ0) is 12.3. The molecular formula is C12H14N2O4. The fourth-order valence-corrected chi connectivity index (χ4v) is 1.82. The predicted molar refractivity (Wildman–Crippen MR) is 64.1 cm³/mol. The summed E-state index contributed by atoms with van der Waals surface area (Å²) in [4.78, 5) is 15.4. The number of hydrogen-bond donors (Lipinski definition) is 2. The van der Waals surface area contributed by atoms with Gasteiger partial charge in [-0.15, -0.1) is 0 Å². The van der Waals surface area contributed by atoms with Crippen LogP contribution in [0.15, 0.2) is 49.1 Å². The Bertz CT molecular complexity index is 498. The number of aliphatic carboxylic acids is 1. The van der Waals surface area contributed by atoms with Gasteiger partial charge >= 0.3 is 5.97 Å². The summed E-state index contributed by atoms with van der Waals surface area (Å²) in [5.74, 6) is -1.12. The van der Waals surface area contributed by atoms with Crippen LogP contribution in [0.1, 0.15) is 5.56 Å². The van der Waals surface area contributed by atoms with Crippen molar-refractivity contribution in [2.45, 2.75) is 5.54 Å². The van der Waals surface area contributed by atoms with Gasteiger partial charge in [-0.05, 0) is 5.56 Å². The highest BCUT2D eigenvalue weighted by atomic mass is 16.4. The van der Waals surface area contributed by atoms with Gasteiger partial charge in [0.25, 0.3) is 0 Å². The van der Waals surface area contributed by atoms with E-state index >= 15 is 0 Å². The molecule has 0 aliphatic heterocycles. The van der Waals surface area contributed by atoms with Crippen molar-refractivity contribution in [3.63, 3.8) is 0 Å². The molecule has 1 aromatic heterocycles. The van der Waals surface area contributed by atoms with Crippen LogP contribution in [0.5, 0.6) is 0 Å². The van der Waals surface area contributed by atoms with E-state index in [0.717, 1.165) is 0 Å². The number of carboxylic acids is 1. The summed E-state index contributed by atoms with van der Waals surface area (Å²) >= 11 is 0. The summed E-state index contributed by atoms with van der Waals surface area (Å²) in [5, 5.41) is 19.0.